The predicted molar refractivity (Wildman–Crippen MR) is 67.7 cm³/mol. The van der Waals surface area contributed by atoms with Crippen molar-refractivity contribution in [2.75, 3.05) is 13.1 Å². The largest absolute Gasteiger partial charge is 0.462 e. The molecule has 0 radical (unpaired) electrons. The molecule has 0 atom stereocenters. The standard InChI is InChI=1S/C6H8N4O2.C5H10O2/c11-10(12)6-3-8-9(4-6)5-1-7-2-5;1-5(2,3)7-4-6/h3-5,7H,1-2H2;4H,1-3H3. The van der Waals surface area contributed by atoms with Gasteiger partial charge in [0.15, 0.2) is 0 Å². The second-order valence-corrected chi connectivity index (χ2v) is 5.07. The molecule has 1 fully saturated rings. The lowest BCUT2D eigenvalue weighted by atomic mass is 10.2. The Bertz CT molecular complexity index is 434. The molecule has 1 aromatic heterocycles. The van der Waals surface area contributed by atoms with Crippen LogP contribution in [-0.2, 0) is 9.53 Å². The molecule has 106 valence electrons. The van der Waals surface area contributed by atoms with Crippen LogP contribution in [0.25, 0.3) is 0 Å². The van der Waals surface area contributed by atoms with Crippen LogP contribution in [0.4, 0.5) is 5.69 Å². The van der Waals surface area contributed by atoms with Crippen LogP contribution in [0.2, 0.25) is 0 Å². The quantitative estimate of drug-likeness (QED) is 0.497. The molecular weight excluding hydrogens is 252 g/mol. The van der Waals surface area contributed by atoms with E-state index in [0.717, 1.165) is 13.1 Å². The van der Waals surface area contributed by atoms with Crippen LogP contribution in [0.5, 0.6) is 0 Å². The van der Waals surface area contributed by atoms with E-state index >= 15 is 0 Å². The van der Waals surface area contributed by atoms with Gasteiger partial charge in [-0.1, -0.05) is 0 Å². The van der Waals surface area contributed by atoms with E-state index in [1.807, 2.05) is 20.8 Å². The molecule has 0 aromatic carbocycles. The fourth-order valence-electron chi connectivity index (χ4n) is 1.23. The first-order valence-corrected chi connectivity index (χ1v) is 5.84. The third-order valence-electron chi connectivity index (χ3n) is 2.33. The molecule has 0 amide bonds. The zero-order valence-corrected chi connectivity index (χ0v) is 11.2. The maximum absolute atomic E-state index is 10.3. The summed E-state index contributed by atoms with van der Waals surface area (Å²) in [6.07, 6.45) is 2.74. The lowest BCUT2D eigenvalue weighted by molar-refractivity contribution is -0.385. The summed E-state index contributed by atoms with van der Waals surface area (Å²) in [7, 11) is 0. The Morgan fingerprint density at radius 1 is 1.58 bits per heavy atom. The average molecular weight is 270 g/mol. The van der Waals surface area contributed by atoms with Crippen molar-refractivity contribution < 1.29 is 14.5 Å². The fourth-order valence-corrected chi connectivity index (χ4v) is 1.23. The summed E-state index contributed by atoms with van der Waals surface area (Å²) in [5.74, 6) is 0. The molecule has 0 unspecified atom stereocenters. The van der Waals surface area contributed by atoms with Crippen LogP contribution in [0.1, 0.15) is 26.8 Å². The molecule has 2 rings (SSSR count). The minimum absolute atomic E-state index is 0.0573. The Labute approximate surface area is 110 Å². The van der Waals surface area contributed by atoms with E-state index in [2.05, 4.69) is 15.2 Å². The number of hydrogen-bond acceptors (Lipinski definition) is 6. The minimum atomic E-state index is -0.435. The molecule has 0 spiro atoms. The number of hydrogen-bond donors (Lipinski definition) is 1. The molecule has 8 heteroatoms. The lowest BCUT2D eigenvalue weighted by Crippen LogP contribution is -2.43. The monoisotopic (exact) mass is 270 g/mol. The minimum Gasteiger partial charge on any atom is -0.462 e. The van der Waals surface area contributed by atoms with Crippen LogP contribution in [0.3, 0.4) is 0 Å². The van der Waals surface area contributed by atoms with E-state index < -0.39 is 4.92 Å². The van der Waals surface area contributed by atoms with Gasteiger partial charge in [0.25, 0.3) is 6.47 Å². The number of rotatable bonds is 3. The van der Waals surface area contributed by atoms with Crippen molar-refractivity contribution in [3.8, 4) is 0 Å². The Balaban J connectivity index is 0.000000224. The summed E-state index contributed by atoms with van der Waals surface area (Å²) in [6.45, 7) is 7.61. The average Bonchev–Trinajstić information content (AvgIpc) is 2.63. The van der Waals surface area contributed by atoms with Gasteiger partial charge in [0, 0.05) is 13.1 Å². The van der Waals surface area contributed by atoms with E-state index in [0.29, 0.717) is 12.5 Å². The van der Waals surface area contributed by atoms with E-state index in [9.17, 15) is 14.9 Å². The first-order valence-electron chi connectivity index (χ1n) is 5.84. The van der Waals surface area contributed by atoms with Crippen molar-refractivity contribution in [1.29, 1.82) is 0 Å². The number of ether oxygens (including phenoxy) is 1. The van der Waals surface area contributed by atoms with Crippen molar-refractivity contribution in [1.82, 2.24) is 15.1 Å². The fraction of sp³-hybridized carbons (Fsp3) is 0.636. The highest BCUT2D eigenvalue weighted by atomic mass is 16.6. The SMILES string of the molecule is CC(C)(C)OC=O.O=[N+]([O-])c1cnn(C2CNC2)c1. The number of aromatic nitrogens is 2. The molecule has 1 aliphatic rings. The van der Waals surface area contributed by atoms with Crippen molar-refractivity contribution >= 4 is 12.2 Å². The Kier molecular flexibility index (Phi) is 4.99. The van der Waals surface area contributed by atoms with Gasteiger partial charge in [-0.15, -0.1) is 0 Å². The zero-order valence-electron chi connectivity index (χ0n) is 11.2. The maximum Gasteiger partial charge on any atom is 0.307 e. The van der Waals surface area contributed by atoms with E-state index in [1.165, 1.54) is 12.4 Å². The van der Waals surface area contributed by atoms with E-state index in [4.69, 9.17) is 0 Å². The Morgan fingerprint density at radius 3 is 2.47 bits per heavy atom. The molecule has 0 bridgehead atoms. The number of carbonyl (C=O) groups is 1. The summed E-state index contributed by atoms with van der Waals surface area (Å²) < 4.78 is 6.18. The van der Waals surface area contributed by atoms with Crippen molar-refractivity contribution in [2.45, 2.75) is 32.4 Å². The Hall–Kier alpha value is -1.96. The molecule has 1 N–H and O–H groups in total. The molecule has 0 aliphatic carbocycles. The summed E-state index contributed by atoms with van der Waals surface area (Å²) in [4.78, 5) is 19.4. The summed E-state index contributed by atoms with van der Waals surface area (Å²) in [5.41, 5.74) is -0.260. The van der Waals surface area contributed by atoms with Gasteiger partial charge in [-0.2, -0.15) is 5.10 Å². The molecule has 1 aromatic rings. The topological polar surface area (TPSA) is 99.3 Å². The third kappa shape index (κ3) is 5.04. The molecule has 1 saturated heterocycles. The molecule has 1 aliphatic heterocycles. The van der Waals surface area contributed by atoms with Gasteiger partial charge < -0.3 is 10.1 Å². The molecular formula is C11H18N4O4. The zero-order chi connectivity index (χ0) is 14.5. The van der Waals surface area contributed by atoms with Gasteiger partial charge in [-0.25, -0.2) is 0 Å². The molecule has 19 heavy (non-hydrogen) atoms. The Morgan fingerprint density at radius 2 is 2.21 bits per heavy atom. The van der Waals surface area contributed by atoms with Crippen LogP contribution >= 0.6 is 0 Å². The van der Waals surface area contributed by atoms with Gasteiger partial charge in [0.05, 0.1) is 11.0 Å². The number of nitrogens with one attached hydrogen (secondary N) is 1. The summed E-state index contributed by atoms with van der Waals surface area (Å²) >= 11 is 0. The van der Waals surface area contributed by atoms with Crippen LogP contribution in [0, 0.1) is 10.1 Å². The van der Waals surface area contributed by atoms with E-state index in [-0.39, 0.29) is 11.3 Å². The van der Waals surface area contributed by atoms with Gasteiger partial charge in [-0.3, -0.25) is 19.6 Å². The molecule has 0 saturated carbocycles. The second-order valence-electron chi connectivity index (χ2n) is 5.07. The van der Waals surface area contributed by atoms with Gasteiger partial charge >= 0.3 is 5.69 Å². The van der Waals surface area contributed by atoms with Crippen LogP contribution in [0.15, 0.2) is 12.4 Å². The van der Waals surface area contributed by atoms with Crippen LogP contribution in [-0.4, -0.2) is 39.9 Å². The summed E-state index contributed by atoms with van der Waals surface area (Å²) in [5, 5.41) is 17.2. The van der Waals surface area contributed by atoms with Gasteiger partial charge in [0.1, 0.15) is 18.0 Å². The summed E-state index contributed by atoms with van der Waals surface area (Å²) in [6, 6.07) is 0.290. The van der Waals surface area contributed by atoms with Crippen LogP contribution < -0.4 is 5.32 Å². The van der Waals surface area contributed by atoms with Gasteiger partial charge in [0.2, 0.25) is 0 Å². The second kappa shape index (κ2) is 6.28. The number of carbonyl (C=O) groups excluding carboxylic acids is 1. The number of nitro groups is 1. The highest BCUT2D eigenvalue weighted by Gasteiger charge is 2.21. The normalized spacial score (nSPS) is 14.9. The highest BCUT2D eigenvalue weighted by molar-refractivity contribution is 5.37. The third-order valence-corrected chi connectivity index (χ3v) is 2.33. The van der Waals surface area contributed by atoms with Crippen molar-refractivity contribution in [2.24, 2.45) is 0 Å². The molecule has 2 heterocycles. The first kappa shape index (κ1) is 15.1. The van der Waals surface area contributed by atoms with Crippen molar-refractivity contribution in [3.63, 3.8) is 0 Å². The van der Waals surface area contributed by atoms with E-state index in [1.54, 1.807) is 4.68 Å². The van der Waals surface area contributed by atoms with Crippen molar-refractivity contribution in [3.05, 3.63) is 22.5 Å². The first-order chi connectivity index (χ1) is 8.83. The predicted octanol–water partition coefficient (Wildman–Crippen LogP) is 0.893. The smallest absolute Gasteiger partial charge is 0.307 e. The number of nitrogens with zero attached hydrogens (tertiary/aromatic N) is 3. The molecule has 8 nitrogen and oxygen atoms in total. The highest BCUT2D eigenvalue weighted by Crippen LogP contribution is 2.15. The lowest BCUT2D eigenvalue weighted by Gasteiger charge is -2.26. The van der Waals surface area contributed by atoms with Gasteiger partial charge in [-0.05, 0) is 20.8 Å². The maximum atomic E-state index is 10.3.